The lowest BCUT2D eigenvalue weighted by Crippen LogP contribution is -2.23. The molecule has 8 heteroatoms. The first kappa shape index (κ1) is 14.6. The molecule has 0 bridgehead atoms. The van der Waals surface area contributed by atoms with E-state index in [1.165, 1.54) is 6.20 Å². The van der Waals surface area contributed by atoms with Gasteiger partial charge >= 0.3 is 5.97 Å². The number of esters is 1. The highest BCUT2D eigenvalue weighted by atomic mass is 35.5. The number of nitrogens with zero attached hydrogens (tertiary/aromatic N) is 2. The maximum atomic E-state index is 11.2. The van der Waals surface area contributed by atoms with E-state index in [9.17, 15) is 15.0 Å². The normalized spacial score (nSPS) is 14.0. The fraction of sp³-hybridized carbons (Fsp3) is 0.500. The highest BCUT2D eigenvalue weighted by Gasteiger charge is 2.25. The molecule has 0 aromatic carbocycles. The molecule has 2 atom stereocenters. The van der Waals surface area contributed by atoms with Crippen LogP contribution in [-0.4, -0.2) is 38.9 Å². The van der Waals surface area contributed by atoms with Crippen molar-refractivity contribution in [3.8, 4) is 0 Å². The van der Waals surface area contributed by atoms with Gasteiger partial charge in [0, 0.05) is 11.8 Å². The first-order valence-electron chi connectivity index (χ1n) is 5.25. The van der Waals surface area contributed by atoms with Crippen molar-refractivity contribution < 1.29 is 19.7 Å². The van der Waals surface area contributed by atoms with Gasteiger partial charge in [-0.25, -0.2) is 9.97 Å². The van der Waals surface area contributed by atoms with Gasteiger partial charge < -0.3 is 20.7 Å². The zero-order chi connectivity index (χ0) is 13.7. The second-order valence-corrected chi connectivity index (χ2v) is 3.85. The lowest BCUT2D eigenvalue weighted by Gasteiger charge is -2.17. The molecule has 0 saturated carbocycles. The zero-order valence-corrected chi connectivity index (χ0v) is 10.5. The van der Waals surface area contributed by atoms with E-state index < -0.39 is 18.2 Å². The van der Waals surface area contributed by atoms with E-state index >= 15 is 0 Å². The van der Waals surface area contributed by atoms with Crippen LogP contribution in [0.1, 0.15) is 25.0 Å². The first-order valence-corrected chi connectivity index (χ1v) is 5.63. The Morgan fingerprint density at radius 1 is 1.61 bits per heavy atom. The third-order valence-corrected chi connectivity index (χ3v) is 2.45. The number of hydrogen-bond acceptors (Lipinski definition) is 7. The monoisotopic (exact) mass is 275 g/mol. The number of aromatic nitrogens is 2. The third kappa shape index (κ3) is 3.80. The van der Waals surface area contributed by atoms with E-state index in [1.807, 2.05) is 0 Å². The van der Waals surface area contributed by atoms with Gasteiger partial charge in [-0.05, 0) is 6.92 Å². The van der Waals surface area contributed by atoms with Gasteiger partial charge in [0.25, 0.3) is 0 Å². The lowest BCUT2D eigenvalue weighted by atomic mass is 10.1. The molecule has 18 heavy (non-hydrogen) atoms. The van der Waals surface area contributed by atoms with Gasteiger partial charge in [-0.15, -0.1) is 0 Å². The number of halogens is 1. The smallest absolute Gasteiger partial charge is 0.308 e. The van der Waals surface area contributed by atoms with Crippen LogP contribution in [0, 0.1) is 0 Å². The molecule has 100 valence electrons. The van der Waals surface area contributed by atoms with E-state index in [-0.39, 0.29) is 29.7 Å². The van der Waals surface area contributed by atoms with Crippen LogP contribution in [-0.2, 0) is 9.53 Å². The summed E-state index contributed by atoms with van der Waals surface area (Å²) < 4.78 is 4.65. The second kappa shape index (κ2) is 6.48. The molecular formula is C10H14ClN3O4. The van der Waals surface area contributed by atoms with Crippen LogP contribution in [0.15, 0.2) is 6.20 Å². The van der Waals surface area contributed by atoms with Gasteiger partial charge in [0.05, 0.1) is 19.1 Å². The van der Waals surface area contributed by atoms with Crippen LogP contribution in [0.25, 0.3) is 0 Å². The molecular weight excluding hydrogens is 262 g/mol. The SMILES string of the molecule is CCOC(=O)CC(O)C(O)c1cnc(N)nc1Cl. The van der Waals surface area contributed by atoms with Gasteiger partial charge in [0.1, 0.15) is 11.3 Å². The Bertz CT molecular complexity index is 430. The number of hydrogen-bond donors (Lipinski definition) is 3. The van der Waals surface area contributed by atoms with Crippen molar-refractivity contribution in [3.05, 3.63) is 16.9 Å². The summed E-state index contributed by atoms with van der Waals surface area (Å²) in [6.07, 6.45) is -1.89. The number of aliphatic hydroxyl groups is 2. The Morgan fingerprint density at radius 3 is 2.83 bits per heavy atom. The molecule has 0 saturated heterocycles. The summed E-state index contributed by atoms with van der Waals surface area (Å²) in [6.45, 7) is 1.85. The van der Waals surface area contributed by atoms with Crippen molar-refractivity contribution in [2.45, 2.75) is 25.6 Å². The standard InChI is InChI=1S/C10H14ClN3O4/c1-2-18-7(16)3-6(15)8(17)5-4-13-10(12)14-9(5)11/h4,6,8,15,17H,2-3H2,1H3,(H2,12,13,14). The molecule has 1 aromatic heterocycles. The molecule has 7 nitrogen and oxygen atoms in total. The van der Waals surface area contributed by atoms with Crippen molar-refractivity contribution in [2.24, 2.45) is 0 Å². The summed E-state index contributed by atoms with van der Waals surface area (Å²) in [6, 6.07) is 0. The van der Waals surface area contributed by atoms with Crippen molar-refractivity contribution in [1.82, 2.24) is 9.97 Å². The predicted molar refractivity (Wildman–Crippen MR) is 63.7 cm³/mol. The molecule has 0 radical (unpaired) electrons. The number of aliphatic hydroxyl groups excluding tert-OH is 2. The average molecular weight is 276 g/mol. The quantitative estimate of drug-likeness (QED) is 0.513. The van der Waals surface area contributed by atoms with Gasteiger partial charge in [-0.2, -0.15) is 0 Å². The Kier molecular flexibility index (Phi) is 5.26. The molecule has 1 heterocycles. The molecule has 0 aliphatic heterocycles. The van der Waals surface area contributed by atoms with Crippen LogP contribution in [0.3, 0.4) is 0 Å². The summed E-state index contributed by atoms with van der Waals surface area (Å²) >= 11 is 5.75. The molecule has 4 N–H and O–H groups in total. The zero-order valence-electron chi connectivity index (χ0n) is 9.71. The van der Waals surface area contributed by atoms with Crippen LogP contribution in [0.2, 0.25) is 5.15 Å². The van der Waals surface area contributed by atoms with Gasteiger partial charge in [0.2, 0.25) is 5.95 Å². The summed E-state index contributed by atoms with van der Waals surface area (Å²) in [7, 11) is 0. The van der Waals surface area contributed by atoms with E-state index in [0.717, 1.165) is 0 Å². The maximum absolute atomic E-state index is 11.2. The summed E-state index contributed by atoms with van der Waals surface area (Å²) in [5.41, 5.74) is 5.40. The fourth-order valence-corrected chi connectivity index (χ4v) is 1.54. The summed E-state index contributed by atoms with van der Waals surface area (Å²) in [4.78, 5) is 18.4. The number of nitrogens with two attached hydrogens (primary N) is 1. The minimum atomic E-state index is -1.39. The van der Waals surface area contributed by atoms with E-state index in [0.29, 0.717) is 0 Å². The molecule has 1 aromatic rings. The molecule has 0 amide bonds. The van der Waals surface area contributed by atoms with Crippen LogP contribution in [0.5, 0.6) is 0 Å². The number of carbonyl (C=O) groups excluding carboxylic acids is 1. The number of anilines is 1. The van der Waals surface area contributed by atoms with E-state index in [2.05, 4.69) is 14.7 Å². The van der Waals surface area contributed by atoms with Crippen LogP contribution in [0.4, 0.5) is 5.95 Å². The fourth-order valence-electron chi connectivity index (χ4n) is 1.29. The lowest BCUT2D eigenvalue weighted by molar-refractivity contribution is -0.147. The largest absolute Gasteiger partial charge is 0.466 e. The number of rotatable bonds is 5. The second-order valence-electron chi connectivity index (χ2n) is 3.50. The van der Waals surface area contributed by atoms with Crippen LogP contribution < -0.4 is 5.73 Å². The maximum Gasteiger partial charge on any atom is 0.308 e. The summed E-state index contributed by atoms with van der Waals surface area (Å²) in [5.74, 6) is -0.660. The molecule has 0 spiro atoms. The van der Waals surface area contributed by atoms with Crippen molar-refractivity contribution in [2.75, 3.05) is 12.3 Å². The highest BCUT2D eigenvalue weighted by molar-refractivity contribution is 6.30. The Hall–Kier alpha value is -1.44. The molecule has 0 aliphatic rings. The predicted octanol–water partition coefficient (Wildman–Crippen LogP) is 0.0597. The minimum Gasteiger partial charge on any atom is -0.466 e. The highest BCUT2D eigenvalue weighted by Crippen LogP contribution is 2.24. The first-order chi connectivity index (χ1) is 8.45. The van der Waals surface area contributed by atoms with Crippen molar-refractivity contribution in [3.63, 3.8) is 0 Å². The number of ether oxygens (including phenoxy) is 1. The van der Waals surface area contributed by atoms with Gasteiger partial charge in [-0.3, -0.25) is 4.79 Å². The molecule has 1 rings (SSSR count). The molecule has 0 fully saturated rings. The van der Waals surface area contributed by atoms with E-state index in [1.54, 1.807) is 6.92 Å². The third-order valence-electron chi connectivity index (χ3n) is 2.15. The Balaban J connectivity index is 2.73. The van der Waals surface area contributed by atoms with E-state index in [4.69, 9.17) is 17.3 Å². The average Bonchev–Trinajstić information content (AvgIpc) is 2.28. The Morgan fingerprint density at radius 2 is 2.28 bits per heavy atom. The van der Waals surface area contributed by atoms with Gasteiger partial charge in [-0.1, -0.05) is 11.6 Å². The summed E-state index contributed by atoms with van der Waals surface area (Å²) in [5, 5.41) is 19.4. The van der Waals surface area contributed by atoms with Crippen molar-refractivity contribution >= 4 is 23.5 Å². The van der Waals surface area contributed by atoms with Gasteiger partial charge in [0.15, 0.2) is 0 Å². The number of nitrogen functional groups attached to an aromatic ring is 1. The molecule has 2 unspecified atom stereocenters. The Labute approximate surface area is 109 Å². The minimum absolute atomic E-state index is 0.0455. The topological polar surface area (TPSA) is 119 Å². The van der Waals surface area contributed by atoms with Crippen molar-refractivity contribution in [1.29, 1.82) is 0 Å². The van der Waals surface area contributed by atoms with Crippen LogP contribution >= 0.6 is 11.6 Å². The molecule has 0 aliphatic carbocycles. The number of carbonyl (C=O) groups is 1.